The van der Waals surface area contributed by atoms with Crippen LogP contribution in [0.15, 0.2) is 48.5 Å². The van der Waals surface area contributed by atoms with Crippen LogP contribution >= 0.6 is 0 Å². The van der Waals surface area contributed by atoms with Gasteiger partial charge in [0.05, 0.1) is 29.2 Å². The first kappa shape index (κ1) is 22.9. The molecule has 0 radical (unpaired) electrons. The Hall–Kier alpha value is -3.75. The molecule has 0 aliphatic carbocycles. The Bertz CT molecular complexity index is 1110. The largest absolute Gasteiger partial charge is 0.462 e. The molecular formula is C23H24F2N4O3. The second kappa shape index (κ2) is 10.5. The second-order valence-corrected chi connectivity index (χ2v) is 6.99. The number of hydrogen-bond donors (Lipinski definition) is 2. The van der Waals surface area contributed by atoms with Crippen LogP contribution in [-0.4, -0.2) is 28.4 Å². The first-order valence-electron chi connectivity index (χ1n) is 10.3. The number of carbonyl (C=O) groups is 2. The molecule has 0 atom stereocenters. The van der Waals surface area contributed by atoms with Gasteiger partial charge in [-0.1, -0.05) is 25.5 Å². The van der Waals surface area contributed by atoms with Crippen molar-refractivity contribution in [3.05, 3.63) is 71.4 Å². The predicted molar refractivity (Wildman–Crippen MR) is 117 cm³/mol. The molecule has 0 fully saturated rings. The van der Waals surface area contributed by atoms with Crippen LogP contribution in [0.5, 0.6) is 0 Å². The van der Waals surface area contributed by atoms with Crippen molar-refractivity contribution in [1.29, 1.82) is 0 Å². The average molecular weight is 442 g/mol. The number of unbranched alkanes of at least 4 members (excludes halogenated alkanes) is 1. The minimum Gasteiger partial charge on any atom is -0.462 e. The fourth-order valence-corrected chi connectivity index (χ4v) is 3.05. The first-order valence-corrected chi connectivity index (χ1v) is 10.3. The minimum atomic E-state index is -1.15. The molecule has 3 aromatic rings. The third kappa shape index (κ3) is 5.48. The molecular weight excluding hydrogens is 418 g/mol. The topological polar surface area (TPSA) is 85.2 Å². The molecule has 0 saturated carbocycles. The maximum Gasteiger partial charge on any atom is 0.338 e. The van der Waals surface area contributed by atoms with Crippen molar-refractivity contribution >= 4 is 23.5 Å². The molecule has 2 N–H and O–H groups in total. The Kier molecular flexibility index (Phi) is 7.54. The van der Waals surface area contributed by atoms with E-state index in [4.69, 9.17) is 4.74 Å². The maximum atomic E-state index is 13.9. The number of carbonyl (C=O) groups excluding carboxylic acids is 2. The first-order chi connectivity index (χ1) is 15.4. The van der Waals surface area contributed by atoms with Gasteiger partial charge in [-0.3, -0.25) is 5.32 Å². The fraction of sp³-hybridized carbons (Fsp3) is 0.261. The molecule has 1 aromatic heterocycles. The van der Waals surface area contributed by atoms with Crippen LogP contribution in [0.4, 0.5) is 25.1 Å². The average Bonchev–Trinajstić information content (AvgIpc) is 3.18. The van der Waals surface area contributed by atoms with E-state index >= 15 is 0 Å². The number of urea groups is 1. The number of ether oxygens (including phenoxy) is 1. The van der Waals surface area contributed by atoms with Gasteiger partial charge in [0.25, 0.3) is 0 Å². The van der Waals surface area contributed by atoms with Gasteiger partial charge in [0.2, 0.25) is 0 Å². The summed E-state index contributed by atoms with van der Waals surface area (Å²) >= 11 is 0. The Morgan fingerprint density at radius 1 is 1.06 bits per heavy atom. The standard InChI is InChI=1S/C23H24F2N4O3/c1-3-5-9-16-14-20(27-23(31)26-19-12-7-11-18(24)21(19)25)29(28-16)17-10-6-8-15(13-17)22(30)32-4-2/h6-8,10-14H,3-5,9H2,1-2H3,(H2,26,27,31). The van der Waals surface area contributed by atoms with E-state index in [1.807, 2.05) is 0 Å². The van der Waals surface area contributed by atoms with Gasteiger partial charge < -0.3 is 10.1 Å². The van der Waals surface area contributed by atoms with Gasteiger partial charge in [0, 0.05) is 6.07 Å². The number of rotatable bonds is 8. The molecule has 0 aliphatic rings. The van der Waals surface area contributed by atoms with Gasteiger partial charge in [-0.05, 0) is 50.1 Å². The van der Waals surface area contributed by atoms with E-state index in [2.05, 4.69) is 22.7 Å². The Balaban J connectivity index is 1.89. The lowest BCUT2D eigenvalue weighted by Crippen LogP contribution is -2.22. The molecule has 0 bridgehead atoms. The molecule has 168 valence electrons. The molecule has 2 amide bonds. The summed E-state index contributed by atoms with van der Waals surface area (Å²) in [6, 6.07) is 11.1. The normalized spacial score (nSPS) is 10.6. The lowest BCUT2D eigenvalue weighted by atomic mass is 10.2. The van der Waals surface area contributed by atoms with Crippen molar-refractivity contribution in [1.82, 2.24) is 9.78 Å². The molecule has 9 heteroatoms. The van der Waals surface area contributed by atoms with Crippen molar-refractivity contribution in [2.75, 3.05) is 17.2 Å². The summed E-state index contributed by atoms with van der Waals surface area (Å²) in [4.78, 5) is 24.6. The van der Waals surface area contributed by atoms with Gasteiger partial charge in [0.15, 0.2) is 11.6 Å². The summed E-state index contributed by atoms with van der Waals surface area (Å²) in [7, 11) is 0. The molecule has 3 rings (SSSR count). The summed E-state index contributed by atoms with van der Waals surface area (Å²) in [6.07, 6.45) is 2.56. The third-order valence-electron chi connectivity index (χ3n) is 4.59. The van der Waals surface area contributed by atoms with Crippen LogP contribution in [0.25, 0.3) is 5.69 Å². The molecule has 0 unspecified atom stereocenters. The van der Waals surface area contributed by atoms with Crippen LogP contribution in [0.2, 0.25) is 0 Å². The van der Waals surface area contributed by atoms with Gasteiger partial charge in [0.1, 0.15) is 5.82 Å². The SMILES string of the molecule is CCCCc1cc(NC(=O)Nc2cccc(F)c2F)n(-c2cccc(C(=O)OCC)c2)n1. The zero-order valence-corrected chi connectivity index (χ0v) is 17.8. The Morgan fingerprint density at radius 3 is 2.59 bits per heavy atom. The van der Waals surface area contributed by atoms with Crippen LogP contribution in [-0.2, 0) is 11.2 Å². The van der Waals surface area contributed by atoms with Crippen molar-refractivity contribution in [3.8, 4) is 5.69 Å². The quantitative estimate of drug-likeness (QED) is 0.463. The van der Waals surface area contributed by atoms with Crippen LogP contribution in [0.3, 0.4) is 0 Å². The number of amides is 2. The Labute approximate surface area is 184 Å². The molecule has 1 heterocycles. The lowest BCUT2D eigenvalue weighted by Gasteiger charge is -2.11. The number of esters is 1. The number of hydrogen-bond acceptors (Lipinski definition) is 4. The highest BCUT2D eigenvalue weighted by Crippen LogP contribution is 2.21. The minimum absolute atomic E-state index is 0.246. The van der Waals surface area contributed by atoms with E-state index in [1.165, 1.54) is 16.8 Å². The molecule has 2 aromatic carbocycles. The summed E-state index contributed by atoms with van der Waals surface area (Å²) < 4.78 is 33.8. The van der Waals surface area contributed by atoms with E-state index in [-0.39, 0.29) is 12.3 Å². The zero-order chi connectivity index (χ0) is 23.1. The number of anilines is 2. The summed E-state index contributed by atoms with van der Waals surface area (Å²) in [6.45, 7) is 4.02. The van der Waals surface area contributed by atoms with Crippen LogP contribution in [0, 0.1) is 11.6 Å². The Morgan fingerprint density at radius 2 is 1.84 bits per heavy atom. The highest BCUT2D eigenvalue weighted by atomic mass is 19.2. The monoisotopic (exact) mass is 442 g/mol. The van der Waals surface area contributed by atoms with E-state index in [0.717, 1.165) is 24.6 Å². The van der Waals surface area contributed by atoms with E-state index in [9.17, 15) is 18.4 Å². The third-order valence-corrected chi connectivity index (χ3v) is 4.59. The second-order valence-electron chi connectivity index (χ2n) is 6.99. The van der Waals surface area contributed by atoms with Gasteiger partial charge in [-0.25, -0.2) is 23.1 Å². The van der Waals surface area contributed by atoms with Crippen molar-refractivity contribution in [2.24, 2.45) is 0 Å². The zero-order valence-electron chi connectivity index (χ0n) is 17.8. The van der Waals surface area contributed by atoms with Crippen molar-refractivity contribution < 1.29 is 23.1 Å². The molecule has 0 spiro atoms. The van der Waals surface area contributed by atoms with Crippen molar-refractivity contribution in [3.63, 3.8) is 0 Å². The predicted octanol–water partition coefficient (Wildman–Crippen LogP) is 5.31. The fourth-order valence-electron chi connectivity index (χ4n) is 3.05. The van der Waals surface area contributed by atoms with Gasteiger partial charge in [-0.2, -0.15) is 5.10 Å². The summed E-state index contributed by atoms with van der Waals surface area (Å²) in [5.41, 5.74) is 1.32. The number of nitrogens with zero attached hydrogens (tertiary/aromatic N) is 2. The number of aromatic nitrogens is 2. The van der Waals surface area contributed by atoms with Gasteiger partial charge >= 0.3 is 12.0 Å². The highest BCUT2D eigenvalue weighted by Gasteiger charge is 2.16. The number of halogens is 2. The van der Waals surface area contributed by atoms with E-state index < -0.39 is 23.6 Å². The van der Waals surface area contributed by atoms with Gasteiger partial charge in [-0.15, -0.1) is 0 Å². The summed E-state index contributed by atoms with van der Waals surface area (Å²) in [5, 5.41) is 9.46. The van der Waals surface area contributed by atoms with Crippen LogP contribution < -0.4 is 10.6 Å². The highest BCUT2D eigenvalue weighted by molar-refractivity contribution is 5.99. The lowest BCUT2D eigenvalue weighted by molar-refractivity contribution is 0.0526. The molecule has 0 aliphatic heterocycles. The van der Waals surface area contributed by atoms with Crippen molar-refractivity contribution in [2.45, 2.75) is 33.1 Å². The number of aryl methyl sites for hydroxylation is 1. The maximum absolute atomic E-state index is 13.9. The molecule has 7 nitrogen and oxygen atoms in total. The summed E-state index contributed by atoms with van der Waals surface area (Å²) in [5.74, 6) is -2.37. The van der Waals surface area contributed by atoms with E-state index in [1.54, 1.807) is 37.3 Å². The number of benzene rings is 2. The van der Waals surface area contributed by atoms with E-state index in [0.29, 0.717) is 23.5 Å². The molecule has 32 heavy (non-hydrogen) atoms. The number of nitrogens with one attached hydrogen (secondary N) is 2. The van der Waals surface area contributed by atoms with Crippen LogP contribution in [0.1, 0.15) is 42.7 Å². The molecule has 0 saturated heterocycles. The smallest absolute Gasteiger partial charge is 0.338 e.